The minimum absolute atomic E-state index is 0.0333. The predicted octanol–water partition coefficient (Wildman–Crippen LogP) is 2.58. The van der Waals surface area contributed by atoms with Crippen molar-refractivity contribution in [3.05, 3.63) is 65.5 Å². The fraction of sp³-hybridized carbons (Fsp3) is 0.125. The quantitative estimate of drug-likeness (QED) is 0.555. The van der Waals surface area contributed by atoms with Crippen LogP contribution in [0, 0.1) is 5.82 Å². The van der Waals surface area contributed by atoms with Crippen molar-refractivity contribution in [3.63, 3.8) is 0 Å². The van der Waals surface area contributed by atoms with Crippen molar-refractivity contribution >= 4 is 11.8 Å². The van der Waals surface area contributed by atoms with Crippen molar-refractivity contribution in [2.24, 2.45) is 0 Å². The van der Waals surface area contributed by atoms with Crippen molar-refractivity contribution in [2.45, 2.75) is 17.5 Å². The molecule has 0 saturated carbocycles. The molecule has 0 radical (unpaired) electrons. The first-order valence-electron chi connectivity index (χ1n) is 6.95. The van der Waals surface area contributed by atoms with Crippen LogP contribution in [0.25, 0.3) is 11.4 Å². The molecule has 2 aromatic carbocycles. The van der Waals surface area contributed by atoms with Crippen LogP contribution in [0.1, 0.15) is 11.1 Å². The highest BCUT2D eigenvalue weighted by atomic mass is 32.2. The molecule has 0 amide bonds. The summed E-state index contributed by atoms with van der Waals surface area (Å²) >= 11 is 1.46. The number of halogens is 1. The van der Waals surface area contributed by atoms with E-state index in [0.717, 1.165) is 11.1 Å². The number of aromatic nitrogens is 3. The first-order valence-corrected chi connectivity index (χ1v) is 7.94. The summed E-state index contributed by atoms with van der Waals surface area (Å²) in [6.07, 6.45) is 0. The second kappa shape index (κ2) is 6.80. The number of hydrogen-bond donors (Lipinski definition) is 2. The fourth-order valence-corrected chi connectivity index (χ4v) is 2.87. The first kappa shape index (κ1) is 15.5. The molecule has 0 spiro atoms. The average molecular weight is 330 g/mol. The Bertz CT molecular complexity index is 787. The number of hydrogen-bond acceptors (Lipinski definition) is 5. The lowest BCUT2D eigenvalue weighted by Crippen LogP contribution is -2.11. The van der Waals surface area contributed by atoms with Gasteiger partial charge in [-0.15, -0.1) is 10.2 Å². The maximum absolute atomic E-state index is 13.0. The summed E-state index contributed by atoms with van der Waals surface area (Å²) in [6.45, 7) is 0.0333. The number of aliphatic hydroxyl groups excluding tert-OH is 1. The highest BCUT2D eigenvalue weighted by molar-refractivity contribution is 7.98. The molecular formula is C16H15FN4OS. The molecule has 0 aliphatic heterocycles. The molecule has 23 heavy (non-hydrogen) atoms. The molecule has 3 rings (SSSR count). The van der Waals surface area contributed by atoms with Gasteiger partial charge in [-0.05, 0) is 35.4 Å². The zero-order chi connectivity index (χ0) is 16.2. The van der Waals surface area contributed by atoms with Crippen LogP contribution in [-0.4, -0.2) is 20.0 Å². The molecule has 0 aliphatic rings. The van der Waals surface area contributed by atoms with E-state index in [1.54, 1.807) is 12.1 Å². The van der Waals surface area contributed by atoms with Crippen LogP contribution in [0.2, 0.25) is 0 Å². The van der Waals surface area contributed by atoms with Crippen LogP contribution in [0.4, 0.5) is 4.39 Å². The number of rotatable bonds is 5. The highest BCUT2D eigenvalue weighted by Crippen LogP contribution is 2.24. The van der Waals surface area contributed by atoms with Crippen LogP contribution < -0.4 is 5.84 Å². The van der Waals surface area contributed by atoms with Crippen LogP contribution in [0.5, 0.6) is 0 Å². The molecule has 3 N–H and O–H groups in total. The maximum Gasteiger partial charge on any atom is 0.210 e. The molecule has 0 atom stereocenters. The summed E-state index contributed by atoms with van der Waals surface area (Å²) in [6, 6.07) is 13.6. The maximum atomic E-state index is 13.0. The Morgan fingerprint density at radius 2 is 1.65 bits per heavy atom. The molecular weight excluding hydrogens is 315 g/mol. The predicted molar refractivity (Wildman–Crippen MR) is 87.5 cm³/mol. The van der Waals surface area contributed by atoms with Gasteiger partial charge < -0.3 is 10.9 Å². The van der Waals surface area contributed by atoms with E-state index in [-0.39, 0.29) is 12.4 Å². The number of benzene rings is 2. The van der Waals surface area contributed by atoms with Gasteiger partial charge >= 0.3 is 0 Å². The molecule has 1 heterocycles. The smallest absolute Gasteiger partial charge is 0.210 e. The standard InChI is InChI=1S/C16H15FN4OS/c17-14-7-5-13(6-8-14)15-19-20-16(21(15)18)23-10-12-3-1-11(9-22)2-4-12/h1-8,22H,9-10,18H2. The van der Waals surface area contributed by atoms with E-state index in [0.29, 0.717) is 22.3 Å². The molecule has 118 valence electrons. The lowest BCUT2D eigenvalue weighted by atomic mass is 10.2. The lowest BCUT2D eigenvalue weighted by molar-refractivity contribution is 0.282. The summed E-state index contributed by atoms with van der Waals surface area (Å²) in [7, 11) is 0. The fourth-order valence-electron chi connectivity index (χ4n) is 2.06. The number of nitrogens with two attached hydrogens (primary N) is 1. The Kier molecular flexibility index (Phi) is 4.59. The molecule has 3 aromatic rings. The Morgan fingerprint density at radius 3 is 2.30 bits per heavy atom. The van der Waals surface area contributed by atoms with Crippen LogP contribution in [0.3, 0.4) is 0 Å². The van der Waals surface area contributed by atoms with Crippen molar-refractivity contribution in [2.75, 3.05) is 5.84 Å². The topological polar surface area (TPSA) is 77.0 Å². The Balaban J connectivity index is 1.72. The van der Waals surface area contributed by atoms with Crippen LogP contribution in [-0.2, 0) is 12.4 Å². The third-order valence-corrected chi connectivity index (χ3v) is 4.35. The molecule has 0 saturated heterocycles. The Labute approximate surface area is 136 Å². The summed E-state index contributed by atoms with van der Waals surface area (Å²) in [5.74, 6) is 6.89. The SMILES string of the molecule is Nn1c(SCc2ccc(CO)cc2)nnc1-c1ccc(F)cc1. The number of thioether (sulfide) groups is 1. The average Bonchev–Trinajstić information content (AvgIpc) is 2.95. The van der Waals surface area contributed by atoms with Crippen molar-refractivity contribution < 1.29 is 9.50 Å². The molecule has 0 unspecified atom stereocenters. The van der Waals surface area contributed by atoms with E-state index >= 15 is 0 Å². The minimum atomic E-state index is -0.308. The van der Waals surface area contributed by atoms with E-state index in [1.807, 2.05) is 24.3 Å². The van der Waals surface area contributed by atoms with E-state index in [1.165, 1.54) is 28.6 Å². The second-order valence-corrected chi connectivity index (χ2v) is 5.89. The van der Waals surface area contributed by atoms with E-state index in [2.05, 4.69) is 10.2 Å². The summed E-state index contributed by atoms with van der Waals surface area (Å²) in [5.41, 5.74) is 2.68. The van der Waals surface area contributed by atoms with Gasteiger partial charge in [-0.1, -0.05) is 36.0 Å². The van der Waals surface area contributed by atoms with Gasteiger partial charge in [-0.3, -0.25) is 0 Å². The van der Waals surface area contributed by atoms with Crippen molar-refractivity contribution in [1.82, 2.24) is 14.9 Å². The molecule has 1 aromatic heterocycles. The molecule has 5 nitrogen and oxygen atoms in total. The minimum Gasteiger partial charge on any atom is -0.392 e. The third-order valence-electron chi connectivity index (χ3n) is 3.34. The van der Waals surface area contributed by atoms with Gasteiger partial charge in [0.15, 0.2) is 5.82 Å². The van der Waals surface area contributed by atoms with Crippen LogP contribution in [0.15, 0.2) is 53.7 Å². The molecule has 0 bridgehead atoms. The van der Waals surface area contributed by atoms with Gasteiger partial charge in [-0.2, -0.15) is 0 Å². The Hall–Kier alpha value is -2.38. The van der Waals surface area contributed by atoms with Gasteiger partial charge in [0.1, 0.15) is 5.82 Å². The van der Waals surface area contributed by atoms with Crippen molar-refractivity contribution in [3.8, 4) is 11.4 Å². The summed E-state index contributed by atoms with van der Waals surface area (Å²) in [4.78, 5) is 0. The van der Waals surface area contributed by atoms with E-state index in [9.17, 15) is 4.39 Å². The monoisotopic (exact) mass is 330 g/mol. The normalized spacial score (nSPS) is 10.9. The largest absolute Gasteiger partial charge is 0.392 e. The molecule has 0 fully saturated rings. The lowest BCUT2D eigenvalue weighted by Gasteiger charge is -2.04. The zero-order valence-electron chi connectivity index (χ0n) is 12.2. The van der Waals surface area contributed by atoms with Gasteiger partial charge in [-0.25, -0.2) is 9.07 Å². The van der Waals surface area contributed by atoms with E-state index in [4.69, 9.17) is 10.9 Å². The second-order valence-electron chi connectivity index (χ2n) is 4.95. The molecule has 7 heteroatoms. The van der Waals surface area contributed by atoms with Gasteiger partial charge in [0.25, 0.3) is 0 Å². The van der Waals surface area contributed by atoms with Crippen LogP contribution >= 0.6 is 11.8 Å². The number of nitrogens with zero attached hydrogens (tertiary/aromatic N) is 3. The Morgan fingerprint density at radius 1 is 1.00 bits per heavy atom. The van der Waals surface area contributed by atoms with Gasteiger partial charge in [0.2, 0.25) is 5.16 Å². The van der Waals surface area contributed by atoms with E-state index < -0.39 is 0 Å². The first-order chi connectivity index (χ1) is 11.2. The number of nitrogen functional groups attached to an aromatic ring is 1. The van der Waals surface area contributed by atoms with Crippen molar-refractivity contribution in [1.29, 1.82) is 0 Å². The van der Waals surface area contributed by atoms with Gasteiger partial charge in [0.05, 0.1) is 6.61 Å². The third kappa shape index (κ3) is 3.52. The highest BCUT2D eigenvalue weighted by Gasteiger charge is 2.12. The zero-order valence-corrected chi connectivity index (χ0v) is 13.0. The van der Waals surface area contributed by atoms with Gasteiger partial charge in [0, 0.05) is 11.3 Å². The summed E-state index contributed by atoms with van der Waals surface area (Å²) in [5, 5.41) is 17.8. The number of aliphatic hydroxyl groups is 1. The molecule has 0 aliphatic carbocycles. The summed E-state index contributed by atoms with van der Waals surface area (Å²) < 4.78 is 14.4.